The second kappa shape index (κ2) is 4.42. The van der Waals surface area contributed by atoms with Gasteiger partial charge in [0.25, 0.3) is 0 Å². The van der Waals surface area contributed by atoms with Crippen molar-refractivity contribution < 1.29 is 0 Å². The highest BCUT2D eigenvalue weighted by atomic mass is 127. The zero-order valence-corrected chi connectivity index (χ0v) is 11.5. The Balaban J connectivity index is 1.89. The molecule has 0 spiro atoms. The van der Waals surface area contributed by atoms with E-state index in [9.17, 15) is 0 Å². The standard InChI is InChI=1S/C13H18IN/c1-13(2,11-5-6-11)15-9-10-3-7-12(14)8-4-10/h3-4,7-8,11,15H,5-6,9H2,1-2H3. The van der Waals surface area contributed by atoms with Crippen LogP contribution in [0, 0.1) is 9.49 Å². The lowest BCUT2D eigenvalue weighted by Crippen LogP contribution is -2.40. The van der Waals surface area contributed by atoms with E-state index >= 15 is 0 Å². The van der Waals surface area contributed by atoms with E-state index in [4.69, 9.17) is 0 Å². The lowest BCUT2D eigenvalue weighted by Gasteiger charge is -2.26. The fourth-order valence-corrected chi connectivity index (χ4v) is 2.24. The van der Waals surface area contributed by atoms with Crippen molar-refractivity contribution in [1.29, 1.82) is 0 Å². The summed E-state index contributed by atoms with van der Waals surface area (Å²) in [7, 11) is 0. The van der Waals surface area contributed by atoms with Crippen molar-refractivity contribution in [2.45, 2.75) is 38.8 Å². The third kappa shape index (κ3) is 3.18. The molecule has 1 fully saturated rings. The van der Waals surface area contributed by atoms with Gasteiger partial charge in [-0.2, -0.15) is 0 Å². The van der Waals surface area contributed by atoms with Gasteiger partial charge >= 0.3 is 0 Å². The summed E-state index contributed by atoms with van der Waals surface area (Å²) in [5.41, 5.74) is 1.69. The molecule has 15 heavy (non-hydrogen) atoms. The molecule has 82 valence electrons. The van der Waals surface area contributed by atoms with Crippen LogP contribution < -0.4 is 5.32 Å². The van der Waals surface area contributed by atoms with Gasteiger partial charge in [-0.3, -0.25) is 0 Å². The van der Waals surface area contributed by atoms with Crippen molar-refractivity contribution in [2.24, 2.45) is 5.92 Å². The molecule has 1 N–H and O–H groups in total. The van der Waals surface area contributed by atoms with E-state index in [1.807, 2.05) is 0 Å². The number of benzene rings is 1. The Labute approximate surface area is 106 Å². The average molecular weight is 315 g/mol. The first-order valence-corrected chi connectivity index (χ1v) is 6.65. The summed E-state index contributed by atoms with van der Waals surface area (Å²) in [6, 6.07) is 8.75. The minimum absolute atomic E-state index is 0.309. The predicted octanol–water partition coefficient (Wildman–Crippen LogP) is 3.57. The smallest absolute Gasteiger partial charge is 0.0210 e. The molecule has 0 heterocycles. The number of hydrogen-bond acceptors (Lipinski definition) is 1. The molecule has 0 atom stereocenters. The van der Waals surface area contributed by atoms with Crippen molar-refractivity contribution >= 4 is 22.6 Å². The molecule has 0 unspecified atom stereocenters. The highest BCUT2D eigenvalue weighted by Gasteiger charge is 2.36. The van der Waals surface area contributed by atoms with Crippen molar-refractivity contribution in [1.82, 2.24) is 5.32 Å². The molecule has 0 aromatic heterocycles. The summed E-state index contributed by atoms with van der Waals surface area (Å²) < 4.78 is 1.30. The fraction of sp³-hybridized carbons (Fsp3) is 0.538. The zero-order chi connectivity index (χ0) is 10.9. The van der Waals surface area contributed by atoms with E-state index in [2.05, 4.69) is 66.0 Å². The molecule has 0 radical (unpaired) electrons. The molecule has 1 aliphatic rings. The Kier molecular flexibility index (Phi) is 3.36. The molecule has 1 aromatic carbocycles. The normalized spacial score (nSPS) is 16.7. The Bertz CT molecular complexity index is 325. The monoisotopic (exact) mass is 315 g/mol. The van der Waals surface area contributed by atoms with Crippen LogP contribution in [0.25, 0.3) is 0 Å². The van der Waals surface area contributed by atoms with E-state index in [0.29, 0.717) is 5.54 Å². The lowest BCUT2D eigenvalue weighted by atomic mass is 9.98. The average Bonchev–Trinajstić information content (AvgIpc) is 3.00. The topological polar surface area (TPSA) is 12.0 Å². The summed E-state index contributed by atoms with van der Waals surface area (Å²) in [5.74, 6) is 0.890. The molecule has 0 saturated heterocycles. The third-order valence-corrected chi connectivity index (χ3v) is 3.98. The predicted molar refractivity (Wildman–Crippen MR) is 72.8 cm³/mol. The van der Waals surface area contributed by atoms with Gasteiger partial charge in [-0.05, 0) is 72.9 Å². The number of halogens is 1. The van der Waals surface area contributed by atoms with Gasteiger partial charge in [-0.1, -0.05) is 12.1 Å². The third-order valence-electron chi connectivity index (χ3n) is 3.26. The quantitative estimate of drug-likeness (QED) is 0.838. The summed E-state index contributed by atoms with van der Waals surface area (Å²) in [6.07, 6.45) is 2.79. The lowest BCUT2D eigenvalue weighted by molar-refractivity contribution is 0.339. The van der Waals surface area contributed by atoms with Gasteiger partial charge in [0.1, 0.15) is 0 Å². The van der Waals surface area contributed by atoms with E-state index in [1.54, 1.807) is 0 Å². The Morgan fingerprint density at radius 1 is 1.27 bits per heavy atom. The van der Waals surface area contributed by atoms with Crippen molar-refractivity contribution in [2.75, 3.05) is 0 Å². The maximum absolute atomic E-state index is 3.65. The van der Waals surface area contributed by atoms with Crippen LogP contribution in [0.2, 0.25) is 0 Å². The number of hydrogen-bond donors (Lipinski definition) is 1. The first-order chi connectivity index (χ1) is 7.08. The van der Waals surface area contributed by atoms with E-state index in [-0.39, 0.29) is 0 Å². The Hall–Kier alpha value is -0.0900. The number of rotatable bonds is 4. The van der Waals surface area contributed by atoms with Crippen molar-refractivity contribution in [3.8, 4) is 0 Å². The largest absolute Gasteiger partial charge is 0.307 e. The van der Waals surface area contributed by atoms with Gasteiger partial charge < -0.3 is 5.32 Å². The molecule has 1 nitrogen and oxygen atoms in total. The zero-order valence-electron chi connectivity index (χ0n) is 9.39. The maximum atomic E-state index is 3.65. The molecular formula is C13H18IN. The van der Waals surface area contributed by atoms with Crippen LogP contribution in [0.3, 0.4) is 0 Å². The summed E-state index contributed by atoms with van der Waals surface area (Å²) >= 11 is 2.34. The van der Waals surface area contributed by atoms with Crippen molar-refractivity contribution in [3.05, 3.63) is 33.4 Å². The Morgan fingerprint density at radius 3 is 2.40 bits per heavy atom. The highest BCUT2D eigenvalue weighted by molar-refractivity contribution is 14.1. The van der Waals surface area contributed by atoms with Crippen LogP contribution in [-0.2, 0) is 6.54 Å². The van der Waals surface area contributed by atoms with Gasteiger partial charge in [0.2, 0.25) is 0 Å². The van der Waals surface area contributed by atoms with Crippen LogP contribution >= 0.6 is 22.6 Å². The maximum Gasteiger partial charge on any atom is 0.0210 e. The molecule has 2 heteroatoms. The molecule has 0 amide bonds. The first-order valence-electron chi connectivity index (χ1n) is 5.57. The minimum atomic E-state index is 0.309. The molecule has 0 aliphatic heterocycles. The molecule has 1 saturated carbocycles. The first kappa shape index (κ1) is 11.4. The van der Waals surface area contributed by atoms with Crippen LogP contribution in [0.5, 0.6) is 0 Å². The molecule has 2 rings (SSSR count). The summed E-state index contributed by atoms with van der Waals surface area (Å²) in [5, 5.41) is 3.65. The summed E-state index contributed by atoms with van der Waals surface area (Å²) in [4.78, 5) is 0. The molecule has 1 aliphatic carbocycles. The SMILES string of the molecule is CC(C)(NCc1ccc(I)cc1)C1CC1. The fourth-order valence-electron chi connectivity index (χ4n) is 1.88. The summed E-state index contributed by atoms with van der Waals surface area (Å²) in [6.45, 7) is 5.62. The minimum Gasteiger partial charge on any atom is -0.307 e. The highest BCUT2D eigenvalue weighted by Crippen LogP contribution is 2.39. The van der Waals surface area contributed by atoms with E-state index in [0.717, 1.165) is 12.5 Å². The van der Waals surface area contributed by atoms with E-state index in [1.165, 1.54) is 22.0 Å². The van der Waals surface area contributed by atoms with Gasteiger partial charge in [0.05, 0.1) is 0 Å². The van der Waals surface area contributed by atoms with Crippen LogP contribution in [0.15, 0.2) is 24.3 Å². The van der Waals surface area contributed by atoms with Gasteiger partial charge in [-0.25, -0.2) is 0 Å². The molecular weight excluding hydrogens is 297 g/mol. The Morgan fingerprint density at radius 2 is 1.87 bits per heavy atom. The van der Waals surface area contributed by atoms with Crippen LogP contribution in [0.4, 0.5) is 0 Å². The molecule has 0 bridgehead atoms. The van der Waals surface area contributed by atoms with Crippen LogP contribution in [0.1, 0.15) is 32.3 Å². The van der Waals surface area contributed by atoms with Crippen LogP contribution in [-0.4, -0.2) is 5.54 Å². The second-order valence-corrected chi connectivity index (χ2v) is 6.22. The second-order valence-electron chi connectivity index (χ2n) is 4.98. The molecule has 1 aromatic rings. The van der Waals surface area contributed by atoms with Crippen molar-refractivity contribution in [3.63, 3.8) is 0 Å². The van der Waals surface area contributed by atoms with Gasteiger partial charge in [0.15, 0.2) is 0 Å². The van der Waals surface area contributed by atoms with Gasteiger partial charge in [-0.15, -0.1) is 0 Å². The van der Waals surface area contributed by atoms with E-state index < -0.39 is 0 Å². The number of nitrogens with one attached hydrogen (secondary N) is 1. The van der Waals surface area contributed by atoms with Gasteiger partial charge in [0, 0.05) is 15.7 Å².